The fourth-order valence-corrected chi connectivity index (χ4v) is 2.74. The van der Waals surface area contributed by atoms with Crippen LogP contribution < -0.4 is 5.73 Å². The normalized spacial score (nSPS) is 17.8. The number of hydrogen-bond acceptors (Lipinski definition) is 4. The Labute approximate surface area is 120 Å². The van der Waals surface area contributed by atoms with Crippen LogP contribution in [0.2, 0.25) is 0 Å². The van der Waals surface area contributed by atoms with Crippen LogP contribution in [0, 0.1) is 6.92 Å². The molecule has 6 heteroatoms. The van der Waals surface area contributed by atoms with Crippen molar-refractivity contribution >= 4 is 17.2 Å². The first-order chi connectivity index (χ1) is 9.08. The van der Waals surface area contributed by atoms with Gasteiger partial charge in [-0.3, -0.25) is 14.5 Å². The quantitative estimate of drug-likeness (QED) is 0.802. The van der Waals surface area contributed by atoms with E-state index in [4.69, 9.17) is 18.0 Å². The number of nitrogens with two attached hydrogens (primary N) is 1. The van der Waals surface area contributed by atoms with Crippen molar-refractivity contribution in [1.29, 1.82) is 0 Å². The Morgan fingerprint density at radius 2 is 1.95 bits per heavy atom. The summed E-state index contributed by atoms with van der Waals surface area (Å²) in [6.07, 6.45) is 0. The lowest BCUT2D eigenvalue weighted by Crippen LogP contribution is -2.48. The molecule has 1 aliphatic rings. The number of thiocarbonyl (C=S) groups is 1. The van der Waals surface area contributed by atoms with E-state index in [1.807, 2.05) is 0 Å². The van der Waals surface area contributed by atoms with E-state index >= 15 is 0 Å². The Morgan fingerprint density at radius 3 is 2.53 bits per heavy atom. The third-order valence-corrected chi connectivity index (χ3v) is 3.64. The van der Waals surface area contributed by atoms with Gasteiger partial charge in [0, 0.05) is 45.8 Å². The van der Waals surface area contributed by atoms with Gasteiger partial charge in [0.2, 0.25) is 0 Å². The van der Waals surface area contributed by atoms with E-state index in [1.165, 1.54) is 5.69 Å². The van der Waals surface area contributed by atoms with E-state index < -0.39 is 0 Å². The molecule has 5 nitrogen and oxygen atoms in total. The van der Waals surface area contributed by atoms with Gasteiger partial charge in [0.05, 0.1) is 16.4 Å². The zero-order valence-corrected chi connectivity index (χ0v) is 12.6. The van der Waals surface area contributed by atoms with Gasteiger partial charge < -0.3 is 5.73 Å². The molecule has 1 saturated heterocycles. The Balaban J connectivity index is 1.86. The second-order valence-electron chi connectivity index (χ2n) is 5.11. The molecule has 0 saturated carbocycles. The lowest BCUT2D eigenvalue weighted by Gasteiger charge is -2.34. The maximum atomic E-state index is 5.59. The van der Waals surface area contributed by atoms with Crippen LogP contribution in [-0.4, -0.2) is 57.3 Å². The molecule has 0 amide bonds. The van der Waals surface area contributed by atoms with E-state index in [0.717, 1.165) is 51.5 Å². The van der Waals surface area contributed by atoms with Crippen LogP contribution in [-0.2, 0) is 13.1 Å². The van der Waals surface area contributed by atoms with Crippen molar-refractivity contribution in [1.82, 2.24) is 19.6 Å². The van der Waals surface area contributed by atoms with Crippen molar-refractivity contribution in [2.45, 2.75) is 26.9 Å². The molecule has 1 aromatic heterocycles. The lowest BCUT2D eigenvalue weighted by atomic mass is 10.2. The van der Waals surface area contributed by atoms with Crippen LogP contribution in [0.5, 0.6) is 0 Å². The third kappa shape index (κ3) is 3.99. The van der Waals surface area contributed by atoms with Crippen molar-refractivity contribution in [2.24, 2.45) is 5.73 Å². The molecule has 19 heavy (non-hydrogen) atoms. The van der Waals surface area contributed by atoms with Crippen molar-refractivity contribution in [2.75, 3.05) is 32.7 Å². The summed E-state index contributed by atoms with van der Waals surface area (Å²) in [5, 5.41) is 4.49. The zero-order chi connectivity index (χ0) is 13.8. The summed E-state index contributed by atoms with van der Waals surface area (Å²) in [6.45, 7) is 11.1. The number of rotatable bonds is 5. The molecule has 2 heterocycles. The fourth-order valence-electron chi connectivity index (χ4n) is 2.56. The van der Waals surface area contributed by atoms with Gasteiger partial charge in [-0.1, -0.05) is 12.2 Å². The highest BCUT2D eigenvalue weighted by molar-refractivity contribution is 7.80. The van der Waals surface area contributed by atoms with Crippen molar-refractivity contribution in [3.05, 3.63) is 17.5 Å². The standard InChI is InChI=1S/C13H23N5S/c1-3-18-12(8-11(2)15-18)9-16-4-6-17(7-5-16)10-13(14)19/h8H,3-7,9-10H2,1-2H3,(H2,14,19). The molecule has 0 aliphatic carbocycles. The van der Waals surface area contributed by atoms with Crippen LogP contribution in [0.4, 0.5) is 0 Å². The molecule has 0 unspecified atom stereocenters. The van der Waals surface area contributed by atoms with Crippen LogP contribution in [0.25, 0.3) is 0 Å². The minimum atomic E-state index is 0.591. The summed E-state index contributed by atoms with van der Waals surface area (Å²) < 4.78 is 2.09. The second-order valence-corrected chi connectivity index (χ2v) is 5.64. The highest BCUT2D eigenvalue weighted by Crippen LogP contribution is 2.10. The minimum Gasteiger partial charge on any atom is -0.392 e. The Morgan fingerprint density at radius 1 is 1.32 bits per heavy atom. The van der Waals surface area contributed by atoms with E-state index in [0.29, 0.717) is 4.99 Å². The third-order valence-electron chi connectivity index (χ3n) is 3.51. The van der Waals surface area contributed by atoms with Gasteiger partial charge in [-0.05, 0) is 19.9 Å². The van der Waals surface area contributed by atoms with E-state index in [2.05, 4.69) is 39.5 Å². The van der Waals surface area contributed by atoms with Gasteiger partial charge in [0.25, 0.3) is 0 Å². The topological polar surface area (TPSA) is 50.3 Å². The van der Waals surface area contributed by atoms with Crippen LogP contribution in [0.1, 0.15) is 18.3 Å². The largest absolute Gasteiger partial charge is 0.392 e. The summed E-state index contributed by atoms with van der Waals surface area (Å²) in [7, 11) is 0. The van der Waals surface area contributed by atoms with Crippen LogP contribution in [0.15, 0.2) is 6.07 Å². The fraction of sp³-hybridized carbons (Fsp3) is 0.692. The zero-order valence-electron chi connectivity index (χ0n) is 11.8. The highest BCUT2D eigenvalue weighted by Gasteiger charge is 2.18. The maximum absolute atomic E-state index is 5.59. The van der Waals surface area contributed by atoms with Crippen LogP contribution >= 0.6 is 12.2 Å². The van der Waals surface area contributed by atoms with E-state index in [9.17, 15) is 0 Å². The summed E-state index contributed by atoms with van der Waals surface area (Å²) >= 11 is 4.96. The minimum absolute atomic E-state index is 0.591. The lowest BCUT2D eigenvalue weighted by molar-refractivity contribution is 0.137. The van der Waals surface area contributed by atoms with Crippen molar-refractivity contribution < 1.29 is 0 Å². The number of aromatic nitrogens is 2. The molecule has 0 radical (unpaired) electrons. The number of piperazine rings is 1. The molecule has 2 rings (SSSR count). The van der Waals surface area contributed by atoms with Gasteiger partial charge in [-0.25, -0.2) is 0 Å². The molecule has 1 aliphatic heterocycles. The molecule has 1 aromatic rings. The smallest absolute Gasteiger partial charge is 0.0870 e. The molecule has 1 fully saturated rings. The van der Waals surface area contributed by atoms with E-state index in [1.54, 1.807) is 0 Å². The SMILES string of the molecule is CCn1nc(C)cc1CN1CCN(CC(N)=S)CC1. The highest BCUT2D eigenvalue weighted by atomic mass is 32.1. The summed E-state index contributed by atoms with van der Waals surface area (Å²) in [5.41, 5.74) is 8.00. The summed E-state index contributed by atoms with van der Waals surface area (Å²) in [6, 6.07) is 2.19. The average molecular weight is 281 g/mol. The average Bonchev–Trinajstić information content (AvgIpc) is 2.71. The van der Waals surface area contributed by atoms with Crippen molar-refractivity contribution in [3.63, 3.8) is 0 Å². The second kappa shape index (κ2) is 6.45. The number of nitrogens with zero attached hydrogens (tertiary/aromatic N) is 4. The first kappa shape index (κ1) is 14.4. The van der Waals surface area contributed by atoms with Crippen molar-refractivity contribution in [3.8, 4) is 0 Å². The Hall–Kier alpha value is -0.980. The number of aryl methyl sites for hydroxylation is 2. The Kier molecular flexibility index (Phi) is 4.90. The summed E-state index contributed by atoms with van der Waals surface area (Å²) in [5.74, 6) is 0. The molecular weight excluding hydrogens is 258 g/mol. The first-order valence-electron chi connectivity index (χ1n) is 6.85. The monoisotopic (exact) mass is 281 g/mol. The molecule has 0 atom stereocenters. The molecule has 0 spiro atoms. The maximum Gasteiger partial charge on any atom is 0.0870 e. The van der Waals surface area contributed by atoms with Gasteiger partial charge in [0.1, 0.15) is 0 Å². The van der Waals surface area contributed by atoms with Gasteiger partial charge >= 0.3 is 0 Å². The predicted molar refractivity (Wildman–Crippen MR) is 81.1 cm³/mol. The molecule has 0 bridgehead atoms. The predicted octanol–water partition coefficient (Wildman–Crippen LogP) is 0.615. The first-order valence-corrected chi connectivity index (χ1v) is 7.25. The number of hydrogen-bond donors (Lipinski definition) is 1. The molecule has 106 valence electrons. The van der Waals surface area contributed by atoms with Gasteiger partial charge in [0.15, 0.2) is 0 Å². The summed E-state index contributed by atoms with van der Waals surface area (Å²) in [4.78, 5) is 5.38. The molecular formula is C13H23N5S. The Bertz CT molecular complexity index is 434. The molecule has 2 N–H and O–H groups in total. The van der Waals surface area contributed by atoms with Crippen LogP contribution in [0.3, 0.4) is 0 Å². The van der Waals surface area contributed by atoms with Gasteiger partial charge in [-0.2, -0.15) is 5.10 Å². The molecule has 0 aromatic carbocycles. The van der Waals surface area contributed by atoms with Gasteiger partial charge in [-0.15, -0.1) is 0 Å². The van der Waals surface area contributed by atoms with E-state index in [-0.39, 0.29) is 0 Å².